The zero-order chi connectivity index (χ0) is 11.6. The molecule has 0 radical (unpaired) electrons. The van der Waals surface area contributed by atoms with Gasteiger partial charge in [0.05, 0.1) is 9.95 Å². The van der Waals surface area contributed by atoms with Crippen molar-refractivity contribution < 1.29 is 4.92 Å². The number of nitro groups is 1. The molecule has 15 heavy (non-hydrogen) atoms. The van der Waals surface area contributed by atoms with Crippen LogP contribution in [0.2, 0.25) is 5.02 Å². The van der Waals surface area contributed by atoms with Crippen LogP contribution in [0.25, 0.3) is 0 Å². The van der Waals surface area contributed by atoms with E-state index in [0.717, 1.165) is 0 Å². The first-order chi connectivity index (χ1) is 6.93. The van der Waals surface area contributed by atoms with Crippen molar-refractivity contribution in [3.05, 3.63) is 33.1 Å². The molecule has 1 rings (SSSR count). The molecule has 0 aliphatic heterocycles. The molecule has 2 unspecified atom stereocenters. The third-order valence-electron chi connectivity index (χ3n) is 2.18. The summed E-state index contributed by atoms with van der Waals surface area (Å²) in [6.07, 6.45) is 1.39. The summed E-state index contributed by atoms with van der Waals surface area (Å²) in [5.41, 5.74) is 0.286. The van der Waals surface area contributed by atoms with E-state index in [1.165, 1.54) is 12.3 Å². The number of nitrogens with zero attached hydrogens (tertiary/aromatic N) is 2. The number of pyridine rings is 1. The molecule has 0 bridgehead atoms. The van der Waals surface area contributed by atoms with Gasteiger partial charge >= 0.3 is 0 Å². The Kier molecular flexibility index (Phi) is 3.88. The second kappa shape index (κ2) is 4.77. The molecular weight excluding hydrogens is 239 g/mol. The lowest BCUT2D eigenvalue weighted by molar-refractivity contribution is -0.386. The monoisotopic (exact) mass is 248 g/mol. The molecule has 6 heteroatoms. The quantitative estimate of drug-likeness (QED) is 0.468. The molecule has 82 valence electrons. The molecule has 0 saturated heterocycles. The first kappa shape index (κ1) is 12.2. The SMILES string of the molecule is CC(Cl)C(C)c1ncc(Cl)cc1[N+](=O)[O-]. The Bertz CT molecular complexity index is 382. The van der Waals surface area contributed by atoms with E-state index in [4.69, 9.17) is 23.2 Å². The van der Waals surface area contributed by atoms with Crippen molar-refractivity contribution in [2.45, 2.75) is 25.1 Å². The van der Waals surface area contributed by atoms with Crippen molar-refractivity contribution in [3.8, 4) is 0 Å². The zero-order valence-electron chi connectivity index (χ0n) is 8.28. The maximum atomic E-state index is 10.8. The van der Waals surface area contributed by atoms with Gasteiger partial charge in [-0.05, 0) is 6.92 Å². The average molecular weight is 249 g/mol. The number of rotatable bonds is 3. The minimum absolute atomic E-state index is 0.0810. The Morgan fingerprint density at radius 2 is 2.13 bits per heavy atom. The van der Waals surface area contributed by atoms with Gasteiger partial charge < -0.3 is 0 Å². The van der Waals surface area contributed by atoms with Gasteiger partial charge in [0.1, 0.15) is 5.69 Å². The molecule has 0 saturated carbocycles. The fraction of sp³-hybridized carbons (Fsp3) is 0.444. The van der Waals surface area contributed by atoms with E-state index in [9.17, 15) is 10.1 Å². The van der Waals surface area contributed by atoms with Crippen LogP contribution < -0.4 is 0 Å². The number of alkyl halides is 1. The summed E-state index contributed by atoms with van der Waals surface area (Å²) in [5.74, 6) is -0.190. The Labute approximate surface area is 97.4 Å². The highest BCUT2D eigenvalue weighted by Crippen LogP contribution is 2.30. The summed E-state index contributed by atoms with van der Waals surface area (Å²) in [4.78, 5) is 14.2. The van der Waals surface area contributed by atoms with Gasteiger partial charge in [0, 0.05) is 23.6 Å². The van der Waals surface area contributed by atoms with E-state index in [-0.39, 0.29) is 22.0 Å². The van der Waals surface area contributed by atoms with Crippen molar-refractivity contribution in [3.63, 3.8) is 0 Å². The molecule has 1 aromatic rings. The van der Waals surface area contributed by atoms with Gasteiger partial charge in [-0.25, -0.2) is 0 Å². The van der Waals surface area contributed by atoms with E-state index in [1.807, 2.05) is 0 Å². The van der Waals surface area contributed by atoms with Crippen LogP contribution in [0.4, 0.5) is 5.69 Å². The molecule has 0 N–H and O–H groups in total. The average Bonchev–Trinajstić information content (AvgIpc) is 2.16. The molecule has 0 spiro atoms. The minimum atomic E-state index is -0.496. The third-order valence-corrected chi connectivity index (χ3v) is 2.77. The molecule has 2 atom stereocenters. The molecular formula is C9H10Cl2N2O2. The van der Waals surface area contributed by atoms with Crippen molar-refractivity contribution >= 4 is 28.9 Å². The minimum Gasteiger partial charge on any atom is -0.258 e. The highest BCUT2D eigenvalue weighted by atomic mass is 35.5. The fourth-order valence-corrected chi connectivity index (χ4v) is 1.43. The number of hydrogen-bond acceptors (Lipinski definition) is 3. The summed E-state index contributed by atoms with van der Waals surface area (Å²) in [7, 11) is 0. The first-order valence-electron chi connectivity index (χ1n) is 4.37. The zero-order valence-corrected chi connectivity index (χ0v) is 9.79. The normalized spacial score (nSPS) is 14.7. The predicted octanol–water partition coefficient (Wildman–Crippen LogP) is 3.37. The van der Waals surface area contributed by atoms with E-state index in [1.54, 1.807) is 13.8 Å². The Balaban J connectivity index is 3.22. The topological polar surface area (TPSA) is 56.0 Å². The Morgan fingerprint density at radius 1 is 1.53 bits per heavy atom. The van der Waals surface area contributed by atoms with Gasteiger partial charge in [-0.2, -0.15) is 0 Å². The van der Waals surface area contributed by atoms with Gasteiger partial charge in [0.2, 0.25) is 0 Å². The summed E-state index contributed by atoms with van der Waals surface area (Å²) in [6, 6.07) is 1.29. The molecule has 1 aromatic heterocycles. The smallest absolute Gasteiger partial charge is 0.258 e. The second-order valence-electron chi connectivity index (χ2n) is 3.28. The Morgan fingerprint density at radius 3 is 2.60 bits per heavy atom. The van der Waals surface area contributed by atoms with E-state index in [2.05, 4.69) is 4.98 Å². The van der Waals surface area contributed by atoms with E-state index in [0.29, 0.717) is 5.69 Å². The molecule has 0 amide bonds. The highest BCUT2D eigenvalue weighted by Gasteiger charge is 2.24. The number of aromatic nitrogens is 1. The van der Waals surface area contributed by atoms with Crippen LogP contribution in [0.1, 0.15) is 25.5 Å². The summed E-state index contributed by atoms with van der Waals surface area (Å²) < 4.78 is 0. The second-order valence-corrected chi connectivity index (χ2v) is 4.41. The van der Waals surface area contributed by atoms with Crippen molar-refractivity contribution in [1.29, 1.82) is 0 Å². The predicted molar refractivity (Wildman–Crippen MR) is 59.6 cm³/mol. The lowest BCUT2D eigenvalue weighted by atomic mass is 10.0. The van der Waals surface area contributed by atoms with E-state index >= 15 is 0 Å². The lowest BCUT2D eigenvalue weighted by Gasteiger charge is -2.12. The summed E-state index contributed by atoms with van der Waals surface area (Å²) >= 11 is 11.5. The first-order valence-corrected chi connectivity index (χ1v) is 5.18. The van der Waals surface area contributed by atoms with Crippen molar-refractivity contribution in [2.24, 2.45) is 0 Å². The summed E-state index contributed by atoms with van der Waals surface area (Å²) in [6.45, 7) is 3.56. The van der Waals surface area contributed by atoms with Gasteiger partial charge in [-0.1, -0.05) is 18.5 Å². The highest BCUT2D eigenvalue weighted by molar-refractivity contribution is 6.30. The lowest BCUT2D eigenvalue weighted by Crippen LogP contribution is -2.10. The molecule has 1 heterocycles. The van der Waals surface area contributed by atoms with Crippen LogP contribution >= 0.6 is 23.2 Å². The molecule has 0 aliphatic carbocycles. The molecule has 0 fully saturated rings. The standard InChI is InChI=1S/C9H10Cl2N2O2/c1-5(6(2)10)9-8(13(14)15)3-7(11)4-12-9/h3-6H,1-2H3. The third kappa shape index (κ3) is 2.79. The van der Waals surface area contributed by atoms with Gasteiger partial charge in [-0.3, -0.25) is 15.1 Å². The molecule has 0 aliphatic rings. The number of hydrogen-bond donors (Lipinski definition) is 0. The van der Waals surface area contributed by atoms with Gasteiger partial charge in [0.15, 0.2) is 0 Å². The molecule has 4 nitrogen and oxygen atoms in total. The van der Waals surface area contributed by atoms with E-state index < -0.39 is 4.92 Å². The maximum Gasteiger partial charge on any atom is 0.292 e. The van der Waals surface area contributed by atoms with Crippen molar-refractivity contribution in [1.82, 2.24) is 4.98 Å². The largest absolute Gasteiger partial charge is 0.292 e. The van der Waals surface area contributed by atoms with Gasteiger partial charge in [0.25, 0.3) is 5.69 Å². The summed E-state index contributed by atoms with van der Waals surface area (Å²) in [5, 5.41) is 10.8. The van der Waals surface area contributed by atoms with Gasteiger partial charge in [-0.15, -0.1) is 11.6 Å². The molecule has 0 aromatic carbocycles. The van der Waals surface area contributed by atoms with Crippen LogP contribution in [0, 0.1) is 10.1 Å². The van der Waals surface area contributed by atoms with Crippen molar-refractivity contribution in [2.75, 3.05) is 0 Å². The Hall–Kier alpha value is -0.870. The number of halogens is 2. The van der Waals surface area contributed by atoms with Crippen LogP contribution in [0.15, 0.2) is 12.3 Å². The van der Waals surface area contributed by atoms with Crippen LogP contribution in [0.3, 0.4) is 0 Å². The van der Waals surface area contributed by atoms with Crippen LogP contribution in [-0.2, 0) is 0 Å². The van der Waals surface area contributed by atoms with Crippen LogP contribution in [-0.4, -0.2) is 15.3 Å². The van der Waals surface area contributed by atoms with Crippen LogP contribution in [0.5, 0.6) is 0 Å². The fourth-order valence-electron chi connectivity index (χ4n) is 1.15. The maximum absolute atomic E-state index is 10.8.